The van der Waals surface area contributed by atoms with Gasteiger partial charge < -0.3 is 0 Å². The average Bonchev–Trinajstić information content (AvgIpc) is 2.96. The number of carbonyl (C=O) groups is 1. The molecule has 3 rings (SSSR count). The normalized spacial score (nSPS) is 12.8. The smallest absolute Gasteiger partial charge is 0.226 e. The quantitative estimate of drug-likeness (QED) is 0.816. The fourth-order valence-corrected chi connectivity index (χ4v) is 3.15. The van der Waals surface area contributed by atoms with Crippen molar-refractivity contribution in [1.29, 1.82) is 5.26 Å². The van der Waals surface area contributed by atoms with Crippen LogP contribution in [0.25, 0.3) is 11.1 Å². The number of fused-ring (bicyclic) bond motifs is 1. The number of rotatable bonds is 3. The van der Waals surface area contributed by atoms with E-state index in [0.29, 0.717) is 5.69 Å². The maximum atomic E-state index is 11.4. The second-order valence-electron chi connectivity index (χ2n) is 5.16. The van der Waals surface area contributed by atoms with Crippen LogP contribution in [0.1, 0.15) is 28.8 Å². The third-order valence-corrected chi connectivity index (χ3v) is 4.04. The summed E-state index contributed by atoms with van der Waals surface area (Å²) < 4.78 is 0. The van der Waals surface area contributed by atoms with Crippen LogP contribution in [0.4, 0.5) is 0 Å². The molecule has 4 heteroatoms. The number of hydrogen-bond donors (Lipinski definition) is 0. The van der Waals surface area contributed by atoms with Crippen molar-refractivity contribution in [2.45, 2.75) is 25.7 Å². The predicted octanol–water partition coefficient (Wildman–Crippen LogP) is 3.42. The first-order valence-corrected chi connectivity index (χ1v) is 7.25. The first-order valence-electron chi connectivity index (χ1n) is 6.87. The Morgan fingerprint density at radius 1 is 1.33 bits per heavy atom. The predicted molar refractivity (Wildman–Crippen MR) is 81.0 cm³/mol. The Balaban J connectivity index is 2.17. The Bertz CT molecular complexity index is 762. The molecule has 1 aliphatic carbocycles. The first-order chi connectivity index (χ1) is 10.2. The highest BCUT2D eigenvalue weighted by Crippen LogP contribution is 2.34. The molecule has 1 heterocycles. The number of benzene rings is 1. The minimum Gasteiger partial charge on any atom is -0.281 e. The molecule has 2 aromatic rings. The molecule has 0 amide bonds. The van der Waals surface area contributed by atoms with E-state index in [-0.39, 0.29) is 11.7 Å². The molecule has 0 saturated carbocycles. The summed E-state index contributed by atoms with van der Waals surface area (Å²) in [4.78, 5) is 15.4. The van der Waals surface area contributed by atoms with Crippen LogP contribution in [-0.2, 0) is 24.1 Å². The molecule has 0 saturated heterocycles. The van der Waals surface area contributed by atoms with Gasteiger partial charge in [-0.05, 0) is 70.8 Å². The lowest BCUT2D eigenvalue weighted by Gasteiger charge is -2.14. The van der Waals surface area contributed by atoms with Gasteiger partial charge in [0.1, 0.15) is 11.8 Å². The average molecular weight is 297 g/mol. The molecule has 0 aliphatic heterocycles. The largest absolute Gasteiger partial charge is 0.281 e. The maximum absolute atomic E-state index is 11.4. The molecule has 1 aliphatic rings. The van der Waals surface area contributed by atoms with Gasteiger partial charge in [-0.15, -0.1) is 0 Å². The van der Waals surface area contributed by atoms with Crippen molar-refractivity contribution >= 4 is 16.8 Å². The van der Waals surface area contributed by atoms with Gasteiger partial charge in [0.2, 0.25) is 5.24 Å². The molecule has 0 spiro atoms. The molecule has 0 atom stereocenters. The van der Waals surface area contributed by atoms with E-state index < -0.39 is 0 Å². The van der Waals surface area contributed by atoms with Crippen molar-refractivity contribution < 1.29 is 4.79 Å². The van der Waals surface area contributed by atoms with Gasteiger partial charge in [0.15, 0.2) is 0 Å². The molecule has 0 fully saturated rings. The lowest BCUT2D eigenvalue weighted by molar-refractivity contribution is -0.111. The zero-order chi connectivity index (χ0) is 14.8. The maximum Gasteiger partial charge on any atom is 0.226 e. The number of pyridine rings is 1. The third kappa shape index (κ3) is 2.68. The number of aryl methyl sites for hydroxylation is 1. The highest BCUT2D eigenvalue weighted by atomic mass is 35.5. The molecule has 0 unspecified atom stereocenters. The van der Waals surface area contributed by atoms with Crippen molar-refractivity contribution in [3.63, 3.8) is 0 Å². The molecule has 104 valence electrons. The van der Waals surface area contributed by atoms with Crippen LogP contribution in [0.3, 0.4) is 0 Å². The van der Waals surface area contributed by atoms with Gasteiger partial charge in [-0.1, -0.05) is 12.1 Å². The Morgan fingerprint density at radius 2 is 2.19 bits per heavy atom. The van der Waals surface area contributed by atoms with Crippen molar-refractivity contribution in [3.05, 3.63) is 52.8 Å². The van der Waals surface area contributed by atoms with E-state index in [4.69, 9.17) is 16.9 Å². The molecule has 1 aromatic heterocycles. The third-order valence-electron chi connectivity index (χ3n) is 3.90. The fourth-order valence-electron chi connectivity index (χ4n) is 3.01. The Hall–Kier alpha value is -2.18. The van der Waals surface area contributed by atoms with E-state index in [1.54, 1.807) is 12.3 Å². The molecule has 0 bridgehead atoms. The monoisotopic (exact) mass is 296 g/mol. The summed E-state index contributed by atoms with van der Waals surface area (Å²) >= 11 is 5.63. The zero-order valence-electron chi connectivity index (χ0n) is 11.4. The summed E-state index contributed by atoms with van der Waals surface area (Å²) in [6.45, 7) is 0. The molecule has 21 heavy (non-hydrogen) atoms. The van der Waals surface area contributed by atoms with Gasteiger partial charge in [-0.2, -0.15) is 5.26 Å². The molecule has 3 nitrogen and oxygen atoms in total. The second-order valence-corrected chi connectivity index (χ2v) is 5.58. The molecule has 1 aromatic carbocycles. The van der Waals surface area contributed by atoms with E-state index in [0.717, 1.165) is 36.0 Å². The zero-order valence-corrected chi connectivity index (χ0v) is 12.2. The number of nitriles is 1. The van der Waals surface area contributed by atoms with E-state index in [1.807, 2.05) is 18.2 Å². The Kier molecular flexibility index (Phi) is 3.72. The van der Waals surface area contributed by atoms with E-state index in [9.17, 15) is 4.79 Å². The van der Waals surface area contributed by atoms with Crippen molar-refractivity contribution in [2.24, 2.45) is 0 Å². The summed E-state index contributed by atoms with van der Waals surface area (Å²) in [7, 11) is 0. The number of halogens is 1. The molecule has 0 radical (unpaired) electrons. The van der Waals surface area contributed by atoms with Crippen molar-refractivity contribution in [1.82, 2.24) is 4.98 Å². The van der Waals surface area contributed by atoms with Crippen LogP contribution < -0.4 is 0 Å². The van der Waals surface area contributed by atoms with Gasteiger partial charge >= 0.3 is 0 Å². The molecule has 0 N–H and O–H groups in total. The standard InChI is InChI=1S/C17H13ClN2O/c18-17(21)9-16-14-3-1-2-11(14)4-5-15(16)12-6-7-20-13(8-12)10-19/h4-8H,1-3,9H2. The minimum absolute atomic E-state index is 0.226. The highest BCUT2D eigenvalue weighted by Gasteiger charge is 2.20. The summed E-state index contributed by atoms with van der Waals surface area (Å²) in [5.74, 6) is 0. The second kappa shape index (κ2) is 5.67. The summed E-state index contributed by atoms with van der Waals surface area (Å²) in [5.41, 5.74) is 5.81. The van der Waals surface area contributed by atoms with Crippen LogP contribution in [-0.4, -0.2) is 10.2 Å². The van der Waals surface area contributed by atoms with E-state index >= 15 is 0 Å². The number of nitrogens with zero attached hydrogens (tertiary/aromatic N) is 2. The molecular formula is C17H13ClN2O. The number of hydrogen-bond acceptors (Lipinski definition) is 3. The molecular weight excluding hydrogens is 284 g/mol. The summed E-state index contributed by atoms with van der Waals surface area (Å²) in [5, 5.41) is 8.64. The number of aromatic nitrogens is 1. The van der Waals surface area contributed by atoms with Crippen LogP contribution in [0, 0.1) is 11.3 Å². The Labute approximate surface area is 128 Å². The minimum atomic E-state index is -0.355. The SMILES string of the molecule is N#Cc1cc(-c2ccc3c(c2CC(=O)Cl)CCC3)ccn1. The number of carbonyl (C=O) groups excluding carboxylic acids is 1. The van der Waals surface area contributed by atoms with Crippen LogP contribution >= 0.6 is 11.6 Å². The van der Waals surface area contributed by atoms with Crippen molar-refractivity contribution in [3.8, 4) is 17.2 Å². The summed E-state index contributed by atoms with van der Waals surface area (Å²) in [6.07, 6.45) is 5.00. The Morgan fingerprint density at radius 3 is 2.95 bits per heavy atom. The lowest BCUT2D eigenvalue weighted by Crippen LogP contribution is -2.02. The van der Waals surface area contributed by atoms with E-state index in [2.05, 4.69) is 11.1 Å². The lowest BCUT2D eigenvalue weighted by atomic mass is 9.91. The topological polar surface area (TPSA) is 53.8 Å². The van der Waals surface area contributed by atoms with Gasteiger partial charge in [0.05, 0.1) is 0 Å². The first kappa shape index (κ1) is 13.8. The van der Waals surface area contributed by atoms with Gasteiger partial charge in [-0.25, -0.2) is 4.98 Å². The van der Waals surface area contributed by atoms with Gasteiger partial charge in [-0.3, -0.25) is 4.79 Å². The highest BCUT2D eigenvalue weighted by molar-refractivity contribution is 6.63. The van der Waals surface area contributed by atoms with Gasteiger partial charge in [0, 0.05) is 12.6 Å². The van der Waals surface area contributed by atoms with Crippen molar-refractivity contribution in [2.75, 3.05) is 0 Å². The van der Waals surface area contributed by atoms with Gasteiger partial charge in [0.25, 0.3) is 0 Å². The van der Waals surface area contributed by atoms with Crippen LogP contribution in [0.2, 0.25) is 0 Å². The van der Waals surface area contributed by atoms with Crippen LogP contribution in [0.5, 0.6) is 0 Å². The fraction of sp³-hybridized carbons (Fsp3) is 0.235. The van der Waals surface area contributed by atoms with E-state index in [1.165, 1.54) is 11.1 Å². The van der Waals surface area contributed by atoms with Crippen LogP contribution in [0.15, 0.2) is 30.5 Å². The summed E-state index contributed by atoms with van der Waals surface area (Å²) in [6, 6.07) is 9.80.